The maximum absolute atomic E-state index is 12.9. The molecule has 1 aromatic carbocycles. The van der Waals surface area contributed by atoms with E-state index in [0.29, 0.717) is 6.42 Å². The molecule has 2 heteroatoms. The molecule has 0 radical (unpaired) electrons. The van der Waals surface area contributed by atoms with Gasteiger partial charge in [-0.25, -0.2) is 4.39 Å². The molecule has 0 aromatic heterocycles. The van der Waals surface area contributed by atoms with Crippen molar-refractivity contribution < 1.29 is 9.50 Å². The van der Waals surface area contributed by atoms with Gasteiger partial charge < -0.3 is 5.11 Å². The molecule has 0 aliphatic rings. The first kappa shape index (κ1) is 12.2. The minimum Gasteiger partial charge on any atom is -0.390 e. The Kier molecular flexibility index (Phi) is 4.28. The van der Waals surface area contributed by atoms with Gasteiger partial charge in [-0.15, -0.1) is 0 Å². The van der Waals surface area contributed by atoms with Crippen LogP contribution < -0.4 is 0 Å². The van der Waals surface area contributed by atoms with Crippen molar-refractivity contribution in [2.24, 2.45) is 0 Å². The van der Waals surface area contributed by atoms with Gasteiger partial charge in [0.05, 0.1) is 5.60 Å². The Bertz CT molecular complexity index is 307. The Balaban J connectivity index is 2.60. The second-order valence-corrected chi connectivity index (χ2v) is 4.41. The highest BCUT2D eigenvalue weighted by molar-refractivity contribution is 5.18. The first-order valence-corrected chi connectivity index (χ1v) is 5.50. The molecule has 1 atom stereocenters. The van der Waals surface area contributed by atoms with E-state index in [0.717, 1.165) is 24.8 Å². The summed E-state index contributed by atoms with van der Waals surface area (Å²) in [4.78, 5) is 0. The Morgan fingerprint density at radius 1 is 1.40 bits per heavy atom. The second kappa shape index (κ2) is 5.26. The molecule has 1 unspecified atom stereocenters. The lowest BCUT2D eigenvalue weighted by molar-refractivity contribution is 0.0489. The minimum absolute atomic E-state index is 0.237. The summed E-state index contributed by atoms with van der Waals surface area (Å²) in [6, 6.07) is 6.44. The lowest BCUT2D eigenvalue weighted by Crippen LogP contribution is -2.26. The van der Waals surface area contributed by atoms with Crippen LogP contribution in [0.3, 0.4) is 0 Å². The third kappa shape index (κ3) is 4.43. The molecule has 0 saturated heterocycles. The van der Waals surface area contributed by atoms with Gasteiger partial charge in [0.2, 0.25) is 0 Å². The summed E-state index contributed by atoms with van der Waals surface area (Å²) < 4.78 is 12.9. The largest absolute Gasteiger partial charge is 0.390 e. The SMILES string of the molecule is CCCCC(C)(O)Cc1cccc(F)c1. The number of hydrogen-bond acceptors (Lipinski definition) is 1. The average molecular weight is 210 g/mol. The lowest BCUT2D eigenvalue weighted by atomic mass is 9.91. The fraction of sp³-hybridized carbons (Fsp3) is 0.538. The number of hydrogen-bond donors (Lipinski definition) is 1. The van der Waals surface area contributed by atoms with Crippen LogP contribution in [0, 0.1) is 5.82 Å². The van der Waals surface area contributed by atoms with E-state index < -0.39 is 5.60 Å². The van der Waals surface area contributed by atoms with Gasteiger partial charge in [0.15, 0.2) is 0 Å². The maximum atomic E-state index is 12.9. The molecule has 1 aromatic rings. The minimum atomic E-state index is -0.718. The first-order valence-electron chi connectivity index (χ1n) is 5.50. The molecule has 0 spiro atoms. The van der Waals surface area contributed by atoms with Gasteiger partial charge in [-0.3, -0.25) is 0 Å². The van der Waals surface area contributed by atoms with Crippen LogP contribution in [0.25, 0.3) is 0 Å². The molecular formula is C13H19FO. The predicted molar refractivity (Wildman–Crippen MR) is 60.3 cm³/mol. The molecule has 0 bridgehead atoms. The quantitative estimate of drug-likeness (QED) is 0.790. The van der Waals surface area contributed by atoms with E-state index in [-0.39, 0.29) is 5.82 Å². The van der Waals surface area contributed by atoms with E-state index in [1.807, 2.05) is 13.0 Å². The summed E-state index contributed by atoms with van der Waals surface area (Å²) in [5, 5.41) is 10.1. The van der Waals surface area contributed by atoms with Crippen molar-refractivity contribution in [2.75, 3.05) is 0 Å². The second-order valence-electron chi connectivity index (χ2n) is 4.41. The van der Waals surface area contributed by atoms with E-state index in [1.165, 1.54) is 12.1 Å². The highest BCUT2D eigenvalue weighted by atomic mass is 19.1. The van der Waals surface area contributed by atoms with Crippen LogP contribution in [-0.2, 0) is 6.42 Å². The molecule has 0 aliphatic carbocycles. The number of unbranched alkanes of at least 4 members (excludes halogenated alkanes) is 1. The zero-order chi connectivity index (χ0) is 11.3. The monoisotopic (exact) mass is 210 g/mol. The summed E-state index contributed by atoms with van der Waals surface area (Å²) in [6.45, 7) is 3.91. The Morgan fingerprint density at radius 3 is 2.73 bits per heavy atom. The number of benzene rings is 1. The van der Waals surface area contributed by atoms with Gasteiger partial charge >= 0.3 is 0 Å². The van der Waals surface area contributed by atoms with Crippen molar-refractivity contribution in [1.82, 2.24) is 0 Å². The van der Waals surface area contributed by atoms with E-state index in [9.17, 15) is 9.50 Å². The topological polar surface area (TPSA) is 20.2 Å². The molecule has 0 aliphatic heterocycles. The van der Waals surface area contributed by atoms with Crippen LogP contribution in [-0.4, -0.2) is 10.7 Å². The summed E-state index contributed by atoms with van der Waals surface area (Å²) in [5.41, 5.74) is 0.139. The molecule has 0 fully saturated rings. The summed E-state index contributed by atoms with van der Waals surface area (Å²) in [7, 11) is 0. The standard InChI is InChI=1S/C13H19FO/c1-3-4-8-13(2,15)10-11-6-5-7-12(14)9-11/h5-7,9,15H,3-4,8,10H2,1-2H3. The van der Waals surface area contributed by atoms with Gasteiger partial charge in [0, 0.05) is 6.42 Å². The molecule has 0 saturated carbocycles. The highest BCUT2D eigenvalue weighted by Gasteiger charge is 2.19. The zero-order valence-electron chi connectivity index (χ0n) is 9.46. The van der Waals surface area contributed by atoms with Gasteiger partial charge in [-0.05, 0) is 31.0 Å². The Labute approximate surface area is 90.9 Å². The lowest BCUT2D eigenvalue weighted by Gasteiger charge is -2.23. The van der Waals surface area contributed by atoms with E-state index in [1.54, 1.807) is 6.07 Å². The van der Waals surface area contributed by atoms with Crippen LogP contribution in [0.15, 0.2) is 24.3 Å². The van der Waals surface area contributed by atoms with Crippen LogP contribution in [0.1, 0.15) is 38.7 Å². The molecule has 0 amide bonds. The fourth-order valence-corrected chi connectivity index (χ4v) is 1.73. The van der Waals surface area contributed by atoms with E-state index in [4.69, 9.17) is 0 Å². The smallest absolute Gasteiger partial charge is 0.123 e. The maximum Gasteiger partial charge on any atom is 0.123 e. The average Bonchev–Trinajstić information content (AvgIpc) is 2.14. The molecular weight excluding hydrogens is 191 g/mol. The first-order chi connectivity index (χ1) is 7.03. The normalized spacial score (nSPS) is 14.9. The number of halogens is 1. The number of rotatable bonds is 5. The zero-order valence-corrected chi connectivity index (χ0v) is 9.46. The van der Waals surface area contributed by atoms with Gasteiger partial charge in [-0.1, -0.05) is 31.9 Å². The van der Waals surface area contributed by atoms with Crippen LogP contribution in [0.4, 0.5) is 4.39 Å². The van der Waals surface area contributed by atoms with Crippen molar-refractivity contribution in [2.45, 2.75) is 45.1 Å². The van der Waals surface area contributed by atoms with E-state index >= 15 is 0 Å². The van der Waals surface area contributed by atoms with Crippen molar-refractivity contribution in [3.8, 4) is 0 Å². The van der Waals surface area contributed by atoms with Gasteiger partial charge in [0.1, 0.15) is 5.82 Å². The van der Waals surface area contributed by atoms with Gasteiger partial charge in [-0.2, -0.15) is 0 Å². The van der Waals surface area contributed by atoms with E-state index in [2.05, 4.69) is 6.92 Å². The van der Waals surface area contributed by atoms with Crippen molar-refractivity contribution in [3.05, 3.63) is 35.6 Å². The fourth-order valence-electron chi connectivity index (χ4n) is 1.73. The van der Waals surface area contributed by atoms with Gasteiger partial charge in [0.25, 0.3) is 0 Å². The molecule has 84 valence electrons. The third-order valence-electron chi connectivity index (χ3n) is 2.54. The highest BCUT2D eigenvalue weighted by Crippen LogP contribution is 2.19. The van der Waals surface area contributed by atoms with Crippen LogP contribution in [0.5, 0.6) is 0 Å². The summed E-state index contributed by atoms with van der Waals surface area (Å²) in [6.07, 6.45) is 3.35. The number of aliphatic hydroxyl groups is 1. The molecule has 1 rings (SSSR count). The third-order valence-corrected chi connectivity index (χ3v) is 2.54. The molecule has 0 heterocycles. The summed E-state index contributed by atoms with van der Waals surface area (Å²) in [5.74, 6) is -0.237. The van der Waals surface area contributed by atoms with Crippen LogP contribution >= 0.6 is 0 Å². The molecule has 1 N–H and O–H groups in total. The van der Waals surface area contributed by atoms with Crippen molar-refractivity contribution in [1.29, 1.82) is 0 Å². The summed E-state index contributed by atoms with van der Waals surface area (Å²) >= 11 is 0. The van der Waals surface area contributed by atoms with Crippen molar-refractivity contribution in [3.63, 3.8) is 0 Å². The Hall–Kier alpha value is -0.890. The molecule has 1 nitrogen and oxygen atoms in total. The van der Waals surface area contributed by atoms with Crippen LogP contribution in [0.2, 0.25) is 0 Å². The molecule has 15 heavy (non-hydrogen) atoms. The predicted octanol–water partition coefficient (Wildman–Crippen LogP) is 3.31. The van der Waals surface area contributed by atoms with Crippen molar-refractivity contribution >= 4 is 0 Å². The Morgan fingerprint density at radius 2 is 2.13 bits per heavy atom.